The SMILES string of the molecule is CO[C@@H]1C[C@H](N)C[C@@H]1N(C)C(=O)OC(C)(C)C.CO[C@@H]1C[C@H](NC(=O)OCc2ccccc2)C[C@@H]1N(C)C(=O)OC(C)(C)C. The van der Waals surface area contributed by atoms with Crippen molar-refractivity contribution in [1.29, 1.82) is 0 Å². The highest BCUT2D eigenvalue weighted by molar-refractivity contribution is 5.69. The van der Waals surface area contributed by atoms with Crippen LogP contribution in [0.15, 0.2) is 30.3 Å². The monoisotopic (exact) mass is 622 g/mol. The molecule has 6 atom stereocenters. The molecule has 2 aliphatic carbocycles. The van der Waals surface area contributed by atoms with Crippen molar-refractivity contribution in [1.82, 2.24) is 15.1 Å². The number of amides is 3. The Labute approximate surface area is 262 Å². The molecular weight excluding hydrogens is 568 g/mol. The summed E-state index contributed by atoms with van der Waals surface area (Å²) in [4.78, 5) is 39.5. The summed E-state index contributed by atoms with van der Waals surface area (Å²) < 4.78 is 26.9. The maximum Gasteiger partial charge on any atom is 0.410 e. The van der Waals surface area contributed by atoms with Crippen LogP contribution in [0.5, 0.6) is 0 Å². The molecule has 1 aromatic rings. The van der Waals surface area contributed by atoms with Gasteiger partial charge in [-0.1, -0.05) is 30.3 Å². The normalized spacial score (nSPS) is 24.9. The van der Waals surface area contributed by atoms with Gasteiger partial charge in [-0.25, -0.2) is 14.4 Å². The van der Waals surface area contributed by atoms with E-state index < -0.39 is 23.4 Å². The van der Waals surface area contributed by atoms with E-state index in [1.54, 1.807) is 38.1 Å². The molecule has 0 heterocycles. The molecule has 0 saturated heterocycles. The molecule has 0 aromatic heterocycles. The summed E-state index contributed by atoms with van der Waals surface area (Å²) in [5.41, 5.74) is 5.78. The molecule has 12 heteroatoms. The largest absolute Gasteiger partial charge is 0.445 e. The molecule has 0 unspecified atom stereocenters. The van der Waals surface area contributed by atoms with Gasteiger partial charge in [-0.15, -0.1) is 0 Å². The highest BCUT2D eigenvalue weighted by Gasteiger charge is 2.41. The van der Waals surface area contributed by atoms with Gasteiger partial charge in [0, 0.05) is 40.4 Å². The van der Waals surface area contributed by atoms with Gasteiger partial charge in [0.15, 0.2) is 0 Å². The second-order valence-electron chi connectivity index (χ2n) is 13.5. The molecule has 2 saturated carbocycles. The first-order valence-corrected chi connectivity index (χ1v) is 15.1. The Kier molecular flexibility index (Phi) is 13.7. The number of hydrogen-bond donors (Lipinski definition) is 2. The van der Waals surface area contributed by atoms with E-state index in [1.807, 2.05) is 71.9 Å². The van der Waals surface area contributed by atoms with Gasteiger partial charge in [0.2, 0.25) is 0 Å². The fraction of sp³-hybridized carbons (Fsp3) is 0.719. The van der Waals surface area contributed by atoms with Crippen molar-refractivity contribution in [3.05, 3.63) is 35.9 Å². The minimum atomic E-state index is -0.564. The van der Waals surface area contributed by atoms with Crippen LogP contribution in [-0.2, 0) is 30.3 Å². The van der Waals surface area contributed by atoms with Crippen molar-refractivity contribution < 1.29 is 38.1 Å². The first-order valence-electron chi connectivity index (χ1n) is 15.1. The molecule has 2 fully saturated rings. The number of nitrogens with one attached hydrogen (secondary N) is 1. The predicted molar refractivity (Wildman–Crippen MR) is 167 cm³/mol. The molecule has 3 amide bonds. The van der Waals surface area contributed by atoms with Crippen LogP contribution in [0.1, 0.15) is 72.8 Å². The van der Waals surface area contributed by atoms with Crippen LogP contribution in [0.3, 0.4) is 0 Å². The number of methoxy groups -OCH3 is 2. The van der Waals surface area contributed by atoms with E-state index >= 15 is 0 Å². The zero-order valence-electron chi connectivity index (χ0n) is 28.1. The summed E-state index contributed by atoms with van der Waals surface area (Å²) in [5.74, 6) is 0. The summed E-state index contributed by atoms with van der Waals surface area (Å²) >= 11 is 0. The lowest BCUT2D eigenvalue weighted by Gasteiger charge is -2.31. The molecule has 0 bridgehead atoms. The van der Waals surface area contributed by atoms with Gasteiger partial charge in [0.25, 0.3) is 0 Å². The summed E-state index contributed by atoms with van der Waals surface area (Å²) in [6.45, 7) is 11.3. The number of rotatable bonds is 7. The third-order valence-electron chi connectivity index (χ3n) is 7.48. The van der Waals surface area contributed by atoms with Crippen LogP contribution in [0, 0.1) is 0 Å². The van der Waals surface area contributed by atoms with E-state index in [9.17, 15) is 14.4 Å². The lowest BCUT2D eigenvalue weighted by atomic mass is 10.2. The third-order valence-corrected chi connectivity index (χ3v) is 7.48. The van der Waals surface area contributed by atoms with Gasteiger partial charge in [-0.2, -0.15) is 0 Å². The Morgan fingerprint density at radius 1 is 0.795 bits per heavy atom. The van der Waals surface area contributed by atoms with Gasteiger partial charge in [-0.05, 0) is 72.8 Å². The Hall–Kier alpha value is -3.09. The number of benzene rings is 1. The van der Waals surface area contributed by atoms with Crippen molar-refractivity contribution in [2.24, 2.45) is 5.73 Å². The van der Waals surface area contributed by atoms with E-state index in [0.717, 1.165) is 18.4 Å². The Morgan fingerprint density at radius 3 is 1.75 bits per heavy atom. The van der Waals surface area contributed by atoms with Crippen LogP contribution >= 0.6 is 0 Å². The maximum atomic E-state index is 12.3. The van der Waals surface area contributed by atoms with E-state index in [0.29, 0.717) is 12.8 Å². The van der Waals surface area contributed by atoms with E-state index in [1.165, 1.54) is 0 Å². The zero-order valence-corrected chi connectivity index (χ0v) is 28.1. The van der Waals surface area contributed by atoms with E-state index in [4.69, 9.17) is 29.4 Å². The number of nitrogens with two attached hydrogens (primary N) is 1. The number of likely N-dealkylation sites (N-methyl/N-ethyl adjacent to an activating group) is 2. The third kappa shape index (κ3) is 12.1. The first kappa shape index (κ1) is 37.1. The molecule has 44 heavy (non-hydrogen) atoms. The predicted octanol–water partition coefficient (Wildman–Crippen LogP) is 4.68. The van der Waals surface area contributed by atoms with E-state index in [-0.39, 0.29) is 49.1 Å². The molecule has 12 nitrogen and oxygen atoms in total. The molecule has 0 spiro atoms. The Balaban J connectivity index is 0.000000342. The molecule has 3 N–H and O–H groups in total. The molecule has 0 radical (unpaired) electrons. The number of nitrogens with zero attached hydrogens (tertiary/aromatic N) is 2. The van der Waals surface area contributed by atoms with Gasteiger partial charge in [0.1, 0.15) is 17.8 Å². The van der Waals surface area contributed by atoms with Crippen LogP contribution in [0.4, 0.5) is 14.4 Å². The minimum absolute atomic E-state index is 0.00233. The van der Waals surface area contributed by atoms with Gasteiger partial charge < -0.3 is 44.5 Å². The van der Waals surface area contributed by atoms with Crippen LogP contribution < -0.4 is 11.1 Å². The van der Waals surface area contributed by atoms with Crippen molar-refractivity contribution in [3.8, 4) is 0 Å². The van der Waals surface area contributed by atoms with Crippen LogP contribution in [0.2, 0.25) is 0 Å². The summed E-state index contributed by atoms with van der Waals surface area (Å²) in [7, 11) is 6.69. The van der Waals surface area contributed by atoms with Gasteiger partial charge in [-0.3, -0.25) is 0 Å². The summed E-state index contributed by atoms with van der Waals surface area (Å²) in [6, 6.07) is 9.29. The summed E-state index contributed by atoms with van der Waals surface area (Å²) in [6.07, 6.45) is 1.36. The quantitative estimate of drug-likeness (QED) is 0.415. The number of carbonyl (C=O) groups excluding carboxylic acids is 3. The minimum Gasteiger partial charge on any atom is -0.445 e. The second-order valence-corrected chi connectivity index (χ2v) is 13.5. The molecule has 1 aromatic carbocycles. The van der Waals surface area contributed by atoms with Crippen molar-refractivity contribution in [2.75, 3.05) is 28.3 Å². The number of hydrogen-bond acceptors (Lipinski definition) is 9. The Morgan fingerprint density at radius 2 is 1.27 bits per heavy atom. The van der Waals surface area contributed by atoms with Crippen molar-refractivity contribution >= 4 is 18.3 Å². The molecular formula is C32H54N4O8. The maximum absolute atomic E-state index is 12.3. The van der Waals surface area contributed by atoms with Crippen molar-refractivity contribution in [3.63, 3.8) is 0 Å². The average molecular weight is 623 g/mol. The second kappa shape index (κ2) is 16.3. The Bertz CT molecular complexity index is 1060. The fourth-order valence-electron chi connectivity index (χ4n) is 5.30. The average Bonchev–Trinajstić information content (AvgIpc) is 3.52. The van der Waals surface area contributed by atoms with Gasteiger partial charge in [0.05, 0.1) is 24.3 Å². The zero-order chi connectivity index (χ0) is 33.2. The molecule has 2 aliphatic rings. The highest BCUT2D eigenvalue weighted by Crippen LogP contribution is 2.28. The summed E-state index contributed by atoms with van der Waals surface area (Å²) in [5, 5.41) is 2.87. The van der Waals surface area contributed by atoms with Crippen molar-refractivity contribution in [2.45, 2.75) is 121 Å². The molecule has 3 rings (SSSR count). The van der Waals surface area contributed by atoms with E-state index in [2.05, 4.69) is 5.32 Å². The van der Waals surface area contributed by atoms with Crippen LogP contribution in [0.25, 0.3) is 0 Å². The lowest BCUT2D eigenvalue weighted by Crippen LogP contribution is -2.45. The number of carbonyl (C=O) groups is 3. The topological polar surface area (TPSA) is 142 Å². The van der Waals surface area contributed by atoms with Gasteiger partial charge >= 0.3 is 18.3 Å². The first-order chi connectivity index (χ1) is 20.4. The lowest BCUT2D eigenvalue weighted by molar-refractivity contribution is -0.000972. The fourth-order valence-corrected chi connectivity index (χ4v) is 5.30. The number of ether oxygens (including phenoxy) is 5. The standard InChI is InChI=1S/C20H30N2O5.C12H24N2O3/c1-20(2,3)27-19(24)22(4)16-11-15(12-17(16)25-5)21-18(23)26-13-14-9-7-6-8-10-14;1-12(2,3)17-11(15)14(4)9-6-8(13)7-10(9)16-5/h6-10,15-17H,11-13H2,1-5H3,(H,21,23);8-10H,6-7,13H2,1-5H3/t15-,16+,17-;8-,9+,10-/m11/s1. The smallest absolute Gasteiger partial charge is 0.410 e. The number of alkyl carbamates (subject to hydrolysis) is 1. The molecule has 0 aliphatic heterocycles. The van der Waals surface area contributed by atoms with Crippen LogP contribution in [-0.4, -0.2) is 104 Å². The highest BCUT2D eigenvalue weighted by atomic mass is 16.6. The molecule has 250 valence electrons.